The third kappa shape index (κ3) is 4.87. The van der Waals surface area contributed by atoms with E-state index in [0.29, 0.717) is 25.3 Å². The van der Waals surface area contributed by atoms with Gasteiger partial charge in [0, 0.05) is 36.5 Å². The molecule has 0 aliphatic carbocycles. The minimum atomic E-state index is -0.862. The second kappa shape index (κ2) is 10.9. The van der Waals surface area contributed by atoms with E-state index in [1.165, 1.54) is 5.56 Å². The molecule has 1 amide bonds. The van der Waals surface area contributed by atoms with Crippen LogP contribution in [-0.4, -0.2) is 50.0 Å². The molecular weight excluding hydrogens is 528 g/mol. The highest BCUT2D eigenvalue weighted by molar-refractivity contribution is 6.08. The number of carbonyl (C=O) groups excluding carboxylic acids is 1. The number of nitrogens with zero attached hydrogens (tertiary/aromatic N) is 4. The van der Waals surface area contributed by atoms with E-state index in [4.69, 9.17) is 4.74 Å². The van der Waals surface area contributed by atoms with Gasteiger partial charge in [-0.3, -0.25) is 9.59 Å². The van der Waals surface area contributed by atoms with Crippen LogP contribution in [0, 0.1) is 0 Å². The van der Waals surface area contributed by atoms with Crippen LogP contribution in [0.15, 0.2) is 72.8 Å². The van der Waals surface area contributed by atoms with Crippen molar-refractivity contribution in [2.24, 2.45) is 0 Å². The second-order valence-corrected chi connectivity index (χ2v) is 11.3. The Kier molecular flexibility index (Phi) is 6.82. The molecule has 5 aliphatic heterocycles. The lowest BCUT2D eigenvalue weighted by atomic mass is 9.85. The van der Waals surface area contributed by atoms with Crippen LogP contribution in [0.3, 0.4) is 0 Å². The highest BCUT2D eigenvalue weighted by atomic mass is 16.5. The predicted octanol–water partition coefficient (Wildman–Crippen LogP) is 5.95. The topological polar surface area (TPSA) is 97.6 Å². The summed E-state index contributed by atoms with van der Waals surface area (Å²) in [4.78, 5) is 27.8. The fourth-order valence-electron chi connectivity index (χ4n) is 6.42. The minimum absolute atomic E-state index is 0.00781. The molecule has 4 aromatic carbocycles. The monoisotopic (exact) mass is 560 g/mol. The minimum Gasteiger partial charge on any atom is -0.493 e. The van der Waals surface area contributed by atoms with Crippen molar-refractivity contribution >= 4 is 33.7 Å². The zero-order chi connectivity index (χ0) is 28.6. The second-order valence-electron chi connectivity index (χ2n) is 11.3. The van der Waals surface area contributed by atoms with Gasteiger partial charge in [0.2, 0.25) is 0 Å². The van der Waals surface area contributed by atoms with E-state index >= 15 is 0 Å². The Morgan fingerprint density at radius 2 is 1.74 bits per heavy atom. The number of carboxylic acids is 1. The summed E-state index contributed by atoms with van der Waals surface area (Å²) in [7, 11) is 0. The van der Waals surface area contributed by atoms with Crippen molar-refractivity contribution in [2.45, 2.75) is 51.1 Å². The van der Waals surface area contributed by atoms with Crippen molar-refractivity contribution in [3.05, 3.63) is 101 Å². The van der Waals surface area contributed by atoms with Crippen molar-refractivity contribution in [2.75, 3.05) is 13.2 Å². The number of benzene rings is 4. The van der Waals surface area contributed by atoms with Crippen LogP contribution in [-0.2, 0) is 24.3 Å². The van der Waals surface area contributed by atoms with Crippen LogP contribution < -0.4 is 4.74 Å². The van der Waals surface area contributed by atoms with Crippen LogP contribution in [0.25, 0.3) is 21.8 Å². The van der Waals surface area contributed by atoms with Gasteiger partial charge in [-0.25, -0.2) is 4.68 Å². The van der Waals surface area contributed by atoms with Crippen molar-refractivity contribution in [3.8, 4) is 5.75 Å². The highest BCUT2D eigenvalue weighted by Crippen LogP contribution is 2.34. The van der Waals surface area contributed by atoms with E-state index in [0.717, 1.165) is 76.5 Å². The van der Waals surface area contributed by atoms with Gasteiger partial charge in [0.1, 0.15) is 11.3 Å². The van der Waals surface area contributed by atoms with Gasteiger partial charge in [-0.15, -0.1) is 5.10 Å². The number of ether oxygens (including phenoxy) is 1. The lowest BCUT2D eigenvalue weighted by Gasteiger charge is -2.30. The first kappa shape index (κ1) is 26.2. The molecule has 6 heterocycles. The van der Waals surface area contributed by atoms with Gasteiger partial charge in [0.25, 0.3) is 5.91 Å². The molecule has 0 saturated heterocycles. The van der Waals surface area contributed by atoms with Crippen molar-refractivity contribution in [1.82, 2.24) is 19.9 Å². The summed E-state index contributed by atoms with van der Waals surface area (Å²) in [5.41, 5.74) is 6.44. The summed E-state index contributed by atoms with van der Waals surface area (Å²) < 4.78 is 8.13. The van der Waals surface area contributed by atoms with Crippen LogP contribution >= 0.6 is 0 Å². The van der Waals surface area contributed by atoms with Crippen molar-refractivity contribution < 1.29 is 19.4 Å². The molecule has 9 bridgehead atoms. The number of hydrogen-bond donors (Lipinski definition) is 1. The maximum atomic E-state index is 13.9. The van der Waals surface area contributed by atoms with Gasteiger partial charge < -0.3 is 14.7 Å². The average Bonchev–Trinajstić information content (AvgIpc) is 3.42. The predicted molar refractivity (Wildman–Crippen MR) is 160 cm³/mol. The number of rotatable bonds is 2. The molecule has 5 aliphatic rings. The van der Waals surface area contributed by atoms with E-state index in [1.54, 1.807) is 0 Å². The Morgan fingerprint density at radius 3 is 2.62 bits per heavy atom. The Morgan fingerprint density at radius 1 is 0.905 bits per heavy atom. The molecule has 1 N–H and O–H groups in total. The van der Waals surface area contributed by atoms with E-state index in [-0.39, 0.29) is 18.2 Å². The van der Waals surface area contributed by atoms with E-state index in [2.05, 4.69) is 22.4 Å². The SMILES string of the molecule is O=C(O)CC1c2ccc3c(c2)CN(CC3)C(=O)c2ccc(c3ccccc23)OCCCCCn2nnc3cc1ccc32. The summed E-state index contributed by atoms with van der Waals surface area (Å²) in [6.45, 7) is 2.44. The molecule has 5 aromatic rings. The quantitative estimate of drug-likeness (QED) is 0.287. The summed E-state index contributed by atoms with van der Waals surface area (Å²) >= 11 is 0. The van der Waals surface area contributed by atoms with Crippen molar-refractivity contribution in [3.63, 3.8) is 0 Å². The van der Waals surface area contributed by atoms with Crippen LogP contribution in [0.2, 0.25) is 0 Å². The number of hydrogen-bond acceptors (Lipinski definition) is 5. The zero-order valence-corrected chi connectivity index (χ0v) is 23.3. The van der Waals surface area contributed by atoms with Crippen LogP contribution in [0.5, 0.6) is 5.75 Å². The number of aryl methyl sites for hydroxylation is 1. The molecule has 0 saturated carbocycles. The summed E-state index contributed by atoms with van der Waals surface area (Å²) in [5, 5.41) is 20.5. The molecule has 0 spiro atoms. The molecule has 1 aromatic heterocycles. The molecule has 0 fully saturated rings. The lowest BCUT2D eigenvalue weighted by molar-refractivity contribution is -0.137. The summed E-state index contributed by atoms with van der Waals surface area (Å²) in [6, 6.07) is 23.9. The van der Waals surface area contributed by atoms with E-state index in [9.17, 15) is 14.7 Å². The third-order valence-electron chi connectivity index (χ3n) is 8.64. The summed E-state index contributed by atoms with van der Waals surface area (Å²) in [5.74, 6) is -0.422. The molecular formula is C34H32N4O4. The fraction of sp³-hybridized carbons (Fsp3) is 0.294. The first-order chi connectivity index (χ1) is 20.5. The molecule has 42 heavy (non-hydrogen) atoms. The summed E-state index contributed by atoms with van der Waals surface area (Å²) in [6.07, 6.45) is 3.52. The number of aromatic nitrogens is 3. The first-order valence-corrected chi connectivity index (χ1v) is 14.7. The van der Waals surface area contributed by atoms with Crippen LogP contribution in [0.4, 0.5) is 0 Å². The number of aliphatic carboxylic acids is 1. The highest BCUT2D eigenvalue weighted by Gasteiger charge is 2.26. The molecule has 10 rings (SSSR count). The average molecular weight is 561 g/mol. The fourth-order valence-corrected chi connectivity index (χ4v) is 6.42. The molecule has 1 atom stereocenters. The molecule has 8 heteroatoms. The Labute approximate surface area is 243 Å². The number of amides is 1. The van der Waals surface area contributed by atoms with Gasteiger partial charge in [0.15, 0.2) is 0 Å². The Hall–Kier alpha value is -4.72. The lowest BCUT2D eigenvalue weighted by Crippen LogP contribution is -2.36. The Balaban J connectivity index is 1.31. The van der Waals surface area contributed by atoms with Gasteiger partial charge >= 0.3 is 5.97 Å². The number of carboxylic acid groups (broad SMARTS) is 1. The smallest absolute Gasteiger partial charge is 0.304 e. The van der Waals surface area contributed by atoms with E-state index in [1.807, 2.05) is 70.2 Å². The molecule has 8 nitrogen and oxygen atoms in total. The van der Waals surface area contributed by atoms with E-state index < -0.39 is 5.97 Å². The van der Waals surface area contributed by atoms with Gasteiger partial charge in [-0.1, -0.05) is 53.7 Å². The first-order valence-electron chi connectivity index (χ1n) is 14.7. The van der Waals surface area contributed by atoms with Gasteiger partial charge in [-0.05, 0) is 77.6 Å². The molecule has 0 radical (unpaired) electrons. The largest absolute Gasteiger partial charge is 0.493 e. The third-order valence-corrected chi connectivity index (χ3v) is 8.64. The van der Waals surface area contributed by atoms with Crippen molar-refractivity contribution in [1.29, 1.82) is 0 Å². The maximum absolute atomic E-state index is 13.9. The molecule has 1 unspecified atom stereocenters. The van der Waals surface area contributed by atoms with Gasteiger partial charge in [0.05, 0.1) is 18.5 Å². The van der Waals surface area contributed by atoms with Gasteiger partial charge in [-0.2, -0.15) is 0 Å². The Bertz CT molecular complexity index is 1830. The number of carbonyl (C=O) groups is 2. The standard InChI is InChI=1S/C34H32N4O4/c39-33(40)20-29-23-9-8-22-14-16-37(21-25(22)18-23)34(41)28-11-13-32(27-7-3-2-6-26(27)28)42-17-5-1-4-15-38-31-12-10-24(29)19-30(31)35-36-38/h2-3,6-13,18-19,29H,1,4-5,14-17,20-21H2,(H,39,40). The van der Waals surface area contributed by atoms with Crippen LogP contribution in [0.1, 0.15) is 64.2 Å². The maximum Gasteiger partial charge on any atom is 0.304 e. The molecule has 212 valence electrons. The normalized spacial score (nSPS) is 17.5. The zero-order valence-electron chi connectivity index (χ0n) is 23.3.